The zero-order valence-electron chi connectivity index (χ0n) is 12.4. The molecule has 1 N–H and O–H groups in total. The van der Waals surface area contributed by atoms with Crippen LogP contribution in [0.1, 0.15) is 32.3 Å². The summed E-state index contributed by atoms with van der Waals surface area (Å²) in [6.45, 7) is 6.74. The number of nitriles is 1. The van der Waals surface area contributed by atoms with Crippen LogP contribution in [-0.4, -0.2) is 25.8 Å². The second kappa shape index (κ2) is 6.88. The average molecular weight is 272 g/mol. The first-order valence-corrected chi connectivity index (χ1v) is 7.44. The Morgan fingerprint density at radius 2 is 2.05 bits per heavy atom. The number of nitrogens with one attached hydrogen (secondary N) is 1. The Hall–Kier alpha value is -1.37. The van der Waals surface area contributed by atoms with Crippen LogP contribution >= 0.6 is 0 Å². The minimum Gasteiger partial charge on any atom is -0.380 e. The van der Waals surface area contributed by atoms with Crippen molar-refractivity contribution >= 4 is 0 Å². The molecule has 1 saturated carbocycles. The molecule has 1 fully saturated rings. The van der Waals surface area contributed by atoms with E-state index in [9.17, 15) is 5.26 Å². The van der Waals surface area contributed by atoms with Crippen molar-refractivity contribution in [2.24, 2.45) is 5.92 Å². The van der Waals surface area contributed by atoms with Gasteiger partial charge in [-0.25, -0.2) is 0 Å². The van der Waals surface area contributed by atoms with E-state index in [0.29, 0.717) is 12.0 Å². The molecule has 3 nitrogen and oxygen atoms in total. The van der Waals surface area contributed by atoms with Crippen LogP contribution in [0.2, 0.25) is 0 Å². The zero-order chi connectivity index (χ0) is 14.4. The van der Waals surface area contributed by atoms with E-state index < -0.39 is 0 Å². The van der Waals surface area contributed by atoms with Gasteiger partial charge in [0.05, 0.1) is 18.1 Å². The van der Waals surface area contributed by atoms with E-state index in [1.54, 1.807) is 0 Å². The van der Waals surface area contributed by atoms with Gasteiger partial charge in [0.15, 0.2) is 0 Å². The fourth-order valence-corrected chi connectivity index (χ4v) is 2.73. The summed E-state index contributed by atoms with van der Waals surface area (Å²) in [4.78, 5) is 0. The second-order valence-corrected chi connectivity index (χ2v) is 6.09. The molecule has 0 amide bonds. The zero-order valence-corrected chi connectivity index (χ0v) is 12.4. The molecule has 0 bridgehead atoms. The first-order chi connectivity index (χ1) is 9.66. The molecule has 0 aliphatic heterocycles. The molecule has 0 saturated heterocycles. The molecule has 0 spiro atoms. The molecular formula is C17H24N2O. The van der Waals surface area contributed by atoms with Crippen LogP contribution in [0.5, 0.6) is 0 Å². The third-order valence-corrected chi connectivity index (χ3v) is 3.86. The minimum atomic E-state index is -0.280. The summed E-state index contributed by atoms with van der Waals surface area (Å²) in [6.07, 6.45) is 1.80. The Bertz CT molecular complexity index is 444. The highest BCUT2D eigenvalue weighted by atomic mass is 16.5. The summed E-state index contributed by atoms with van der Waals surface area (Å²) in [6, 6.07) is 13.1. The van der Waals surface area contributed by atoms with E-state index in [-0.39, 0.29) is 5.41 Å². The fraction of sp³-hybridized carbons (Fsp3) is 0.588. The molecule has 108 valence electrons. The number of rotatable bonds is 7. The van der Waals surface area contributed by atoms with E-state index in [4.69, 9.17) is 4.74 Å². The van der Waals surface area contributed by atoms with Crippen LogP contribution in [0.4, 0.5) is 0 Å². The largest absolute Gasteiger partial charge is 0.380 e. The number of benzene rings is 1. The number of ether oxygens (including phenoxy) is 1. The maximum Gasteiger partial charge on any atom is 0.0852 e. The highest BCUT2D eigenvalue weighted by molar-refractivity contribution is 5.36. The van der Waals surface area contributed by atoms with E-state index in [1.165, 1.54) is 0 Å². The first kappa shape index (κ1) is 15.0. The van der Waals surface area contributed by atoms with Crippen molar-refractivity contribution in [3.8, 4) is 6.07 Å². The van der Waals surface area contributed by atoms with Gasteiger partial charge < -0.3 is 10.1 Å². The van der Waals surface area contributed by atoms with Gasteiger partial charge in [-0.3, -0.25) is 0 Å². The van der Waals surface area contributed by atoms with Gasteiger partial charge >= 0.3 is 0 Å². The standard InChI is InChI=1S/C17H24N2O/c1-14(2)12-20-9-8-19-16-10-17(11-16,13-18)15-6-4-3-5-7-15/h3-7,14,16,19H,8-12H2,1-2H3. The fourth-order valence-electron chi connectivity index (χ4n) is 2.73. The average Bonchev–Trinajstić information content (AvgIpc) is 2.41. The van der Waals surface area contributed by atoms with Crippen molar-refractivity contribution in [2.75, 3.05) is 19.8 Å². The van der Waals surface area contributed by atoms with Gasteiger partial charge in [-0.15, -0.1) is 0 Å². The van der Waals surface area contributed by atoms with Crippen molar-refractivity contribution in [1.82, 2.24) is 5.32 Å². The lowest BCUT2D eigenvalue weighted by atomic mass is 9.62. The Morgan fingerprint density at radius 3 is 2.65 bits per heavy atom. The summed E-state index contributed by atoms with van der Waals surface area (Å²) in [7, 11) is 0. The smallest absolute Gasteiger partial charge is 0.0852 e. The topological polar surface area (TPSA) is 45.0 Å². The summed E-state index contributed by atoms with van der Waals surface area (Å²) in [5.74, 6) is 0.586. The van der Waals surface area contributed by atoms with Gasteiger partial charge in [0.1, 0.15) is 0 Å². The molecule has 0 heterocycles. The predicted molar refractivity (Wildman–Crippen MR) is 80.4 cm³/mol. The van der Waals surface area contributed by atoms with Gasteiger partial charge in [-0.2, -0.15) is 5.26 Å². The highest BCUT2D eigenvalue weighted by Gasteiger charge is 2.45. The van der Waals surface area contributed by atoms with Crippen LogP contribution in [-0.2, 0) is 10.2 Å². The van der Waals surface area contributed by atoms with Crippen LogP contribution in [0, 0.1) is 17.2 Å². The van der Waals surface area contributed by atoms with Crippen molar-refractivity contribution < 1.29 is 4.74 Å². The van der Waals surface area contributed by atoms with Crippen molar-refractivity contribution in [1.29, 1.82) is 5.26 Å². The van der Waals surface area contributed by atoms with Crippen LogP contribution in [0.25, 0.3) is 0 Å². The summed E-state index contributed by atoms with van der Waals surface area (Å²) < 4.78 is 5.55. The molecular weight excluding hydrogens is 248 g/mol. The summed E-state index contributed by atoms with van der Waals surface area (Å²) in [5, 5.41) is 13.0. The minimum absolute atomic E-state index is 0.280. The third-order valence-electron chi connectivity index (χ3n) is 3.86. The van der Waals surface area contributed by atoms with Crippen molar-refractivity contribution in [3.05, 3.63) is 35.9 Å². The molecule has 3 heteroatoms. The van der Waals surface area contributed by atoms with Crippen molar-refractivity contribution in [2.45, 2.75) is 38.1 Å². The lowest BCUT2D eigenvalue weighted by Crippen LogP contribution is -2.51. The Kier molecular flexibility index (Phi) is 5.17. The lowest BCUT2D eigenvalue weighted by Gasteiger charge is -2.43. The first-order valence-electron chi connectivity index (χ1n) is 7.44. The van der Waals surface area contributed by atoms with Crippen LogP contribution in [0.3, 0.4) is 0 Å². The molecule has 1 aromatic rings. The second-order valence-electron chi connectivity index (χ2n) is 6.09. The van der Waals surface area contributed by atoms with Gasteiger partial charge in [0, 0.05) is 19.2 Å². The Morgan fingerprint density at radius 1 is 1.35 bits per heavy atom. The summed E-state index contributed by atoms with van der Waals surface area (Å²) in [5.41, 5.74) is 0.870. The number of hydrogen-bond acceptors (Lipinski definition) is 3. The van der Waals surface area contributed by atoms with E-state index in [0.717, 1.165) is 38.2 Å². The molecule has 0 unspecified atom stereocenters. The Balaban J connectivity index is 1.72. The normalized spacial score (nSPS) is 25.2. The molecule has 0 radical (unpaired) electrons. The number of nitrogens with zero attached hydrogens (tertiary/aromatic N) is 1. The van der Waals surface area contributed by atoms with Gasteiger partial charge in [-0.05, 0) is 24.3 Å². The van der Waals surface area contributed by atoms with Crippen LogP contribution < -0.4 is 5.32 Å². The van der Waals surface area contributed by atoms with Crippen LogP contribution in [0.15, 0.2) is 30.3 Å². The molecule has 20 heavy (non-hydrogen) atoms. The maximum atomic E-state index is 9.48. The van der Waals surface area contributed by atoms with Gasteiger partial charge in [0.2, 0.25) is 0 Å². The summed E-state index contributed by atoms with van der Waals surface area (Å²) >= 11 is 0. The van der Waals surface area contributed by atoms with Gasteiger partial charge in [-0.1, -0.05) is 44.2 Å². The predicted octanol–water partition coefficient (Wildman–Crippen LogP) is 2.87. The van der Waals surface area contributed by atoms with E-state index in [1.807, 2.05) is 18.2 Å². The van der Waals surface area contributed by atoms with E-state index >= 15 is 0 Å². The molecule has 0 aromatic heterocycles. The van der Waals surface area contributed by atoms with Crippen molar-refractivity contribution in [3.63, 3.8) is 0 Å². The SMILES string of the molecule is CC(C)COCCNC1CC(C#N)(c2ccccc2)C1. The monoisotopic (exact) mass is 272 g/mol. The number of hydrogen-bond donors (Lipinski definition) is 1. The quantitative estimate of drug-likeness (QED) is 0.776. The maximum absolute atomic E-state index is 9.48. The highest BCUT2D eigenvalue weighted by Crippen LogP contribution is 2.43. The van der Waals surface area contributed by atoms with E-state index in [2.05, 4.69) is 37.4 Å². The molecule has 1 aliphatic carbocycles. The molecule has 2 rings (SSSR count). The van der Waals surface area contributed by atoms with Gasteiger partial charge in [0.25, 0.3) is 0 Å². The lowest BCUT2D eigenvalue weighted by molar-refractivity contribution is 0.104. The molecule has 1 aliphatic rings. The Labute approximate surface area is 121 Å². The molecule has 1 aromatic carbocycles. The molecule has 0 atom stereocenters. The third kappa shape index (κ3) is 3.59.